The SMILES string of the molecule is COc1ccc2nc(Cl)c(C=C(C#N)c3nc4ccccc4[nH]3)cc2c1. The molecule has 1 N–H and O–H groups in total. The largest absolute Gasteiger partial charge is 0.497 e. The van der Waals surface area contributed by atoms with E-state index in [1.807, 2.05) is 48.5 Å². The van der Waals surface area contributed by atoms with E-state index in [1.165, 1.54) is 0 Å². The van der Waals surface area contributed by atoms with E-state index in [9.17, 15) is 5.26 Å². The van der Waals surface area contributed by atoms with Crippen molar-refractivity contribution in [2.24, 2.45) is 0 Å². The Balaban J connectivity index is 1.84. The summed E-state index contributed by atoms with van der Waals surface area (Å²) in [5.74, 6) is 1.23. The number of aromatic nitrogens is 3. The molecule has 2 heterocycles. The third-order valence-electron chi connectivity index (χ3n) is 4.07. The van der Waals surface area contributed by atoms with Crippen LogP contribution in [-0.4, -0.2) is 22.1 Å². The van der Waals surface area contributed by atoms with Gasteiger partial charge in [-0.3, -0.25) is 0 Å². The second-order valence-electron chi connectivity index (χ2n) is 5.70. The predicted molar refractivity (Wildman–Crippen MR) is 103 cm³/mol. The zero-order valence-corrected chi connectivity index (χ0v) is 14.6. The summed E-state index contributed by atoms with van der Waals surface area (Å²) in [6.45, 7) is 0. The number of para-hydroxylation sites is 2. The van der Waals surface area contributed by atoms with Crippen molar-refractivity contribution in [1.29, 1.82) is 5.26 Å². The Labute approximate surface area is 154 Å². The van der Waals surface area contributed by atoms with Gasteiger partial charge in [0.25, 0.3) is 0 Å². The third-order valence-corrected chi connectivity index (χ3v) is 4.37. The molecule has 5 nitrogen and oxygen atoms in total. The van der Waals surface area contributed by atoms with Crippen LogP contribution in [0.25, 0.3) is 33.6 Å². The molecule has 2 aromatic heterocycles. The molecule has 26 heavy (non-hydrogen) atoms. The first-order chi connectivity index (χ1) is 12.7. The third kappa shape index (κ3) is 2.87. The molecule has 0 saturated heterocycles. The fourth-order valence-corrected chi connectivity index (χ4v) is 2.97. The van der Waals surface area contributed by atoms with Gasteiger partial charge in [0.05, 0.1) is 29.2 Å². The topological polar surface area (TPSA) is 74.6 Å². The molecular formula is C20H13ClN4O. The number of nitrogens with one attached hydrogen (secondary N) is 1. The Bertz CT molecular complexity index is 1170. The van der Waals surface area contributed by atoms with Gasteiger partial charge in [0.1, 0.15) is 22.8 Å². The summed E-state index contributed by atoms with van der Waals surface area (Å²) >= 11 is 6.32. The molecule has 0 aliphatic rings. The van der Waals surface area contributed by atoms with Crippen molar-refractivity contribution in [1.82, 2.24) is 15.0 Å². The summed E-state index contributed by atoms with van der Waals surface area (Å²) in [6.07, 6.45) is 1.69. The van der Waals surface area contributed by atoms with Crippen molar-refractivity contribution >= 4 is 45.2 Å². The number of hydrogen-bond donors (Lipinski definition) is 1. The molecule has 126 valence electrons. The van der Waals surface area contributed by atoms with Crippen LogP contribution in [0.3, 0.4) is 0 Å². The molecule has 0 aliphatic carbocycles. The first-order valence-corrected chi connectivity index (χ1v) is 8.27. The van der Waals surface area contributed by atoms with Crippen molar-refractivity contribution in [3.63, 3.8) is 0 Å². The normalized spacial score (nSPS) is 11.7. The van der Waals surface area contributed by atoms with E-state index in [1.54, 1.807) is 13.2 Å². The van der Waals surface area contributed by atoms with Crippen LogP contribution < -0.4 is 4.74 Å². The number of hydrogen-bond acceptors (Lipinski definition) is 4. The fraction of sp³-hybridized carbons (Fsp3) is 0.0500. The number of aromatic amines is 1. The summed E-state index contributed by atoms with van der Waals surface area (Å²) in [4.78, 5) is 12.0. The smallest absolute Gasteiger partial charge is 0.149 e. The maximum atomic E-state index is 9.59. The van der Waals surface area contributed by atoms with Crippen molar-refractivity contribution in [3.05, 3.63) is 65.1 Å². The van der Waals surface area contributed by atoms with Crippen molar-refractivity contribution < 1.29 is 4.74 Å². The maximum absolute atomic E-state index is 9.59. The Morgan fingerprint density at radius 1 is 1.15 bits per heavy atom. The number of benzene rings is 2. The number of pyridine rings is 1. The predicted octanol–water partition coefficient (Wildman–Crippen LogP) is 4.84. The summed E-state index contributed by atoms with van der Waals surface area (Å²) in [6, 6.07) is 17.2. The average molecular weight is 361 g/mol. The van der Waals surface area contributed by atoms with Gasteiger partial charge in [0.15, 0.2) is 0 Å². The quantitative estimate of drug-likeness (QED) is 0.419. The van der Waals surface area contributed by atoms with Gasteiger partial charge in [0.2, 0.25) is 0 Å². The second-order valence-corrected chi connectivity index (χ2v) is 6.06. The minimum absolute atomic E-state index is 0.325. The van der Waals surface area contributed by atoms with E-state index in [4.69, 9.17) is 16.3 Å². The fourth-order valence-electron chi connectivity index (χ4n) is 2.77. The van der Waals surface area contributed by atoms with Gasteiger partial charge in [-0.15, -0.1) is 0 Å². The van der Waals surface area contributed by atoms with E-state index >= 15 is 0 Å². The average Bonchev–Trinajstić information content (AvgIpc) is 3.09. The first kappa shape index (κ1) is 16.1. The van der Waals surface area contributed by atoms with E-state index in [0.717, 1.165) is 27.7 Å². The monoisotopic (exact) mass is 360 g/mol. The van der Waals surface area contributed by atoms with Crippen molar-refractivity contribution in [3.8, 4) is 11.8 Å². The Kier molecular flexibility index (Phi) is 4.04. The van der Waals surface area contributed by atoms with Crippen LogP contribution in [0.1, 0.15) is 11.4 Å². The minimum Gasteiger partial charge on any atom is -0.497 e. The van der Waals surface area contributed by atoms with E-state index in [0.29, 0.717) is 22.1 Å². The lowest BCUT2D eigenvalue weighted by molar-refractivity contribution is 0.415. The number of halogens is 1. The molecule has 0 saturated carbocycles. The summed E-state index contributed by atoms with van der Waals surface area (Å²) < 4.78 is 5.25. The number of methoxy groups -OCH3 is 1. The van der Waals surface area contributed by atoms with Crippen LogP contribution in [-0.2, 0) is 0 Å². The molecular weight excluding hydrogens is 348 g/mol. The molecule has 0 spiro atoms. The van der Waals surface area contributed by atoms with Gasteiger partial charge in [-0.05, 0) is 42.5 Å². The molecule has 4 rings (SSSR count). The highest BCUT2D eigenvalue weighted by atomic mass is 35.5. The highest BCUT2D eigenvalue weighted by Gasteiger charge is 2.10. The van der Waals surface area contributed by atoms with Crippen LogP contribution in [0, 0.1) is 11.3 Å². The number of nitrogens with zero attached hydrogens (tertiary/aromatic N) is 3. The highest BCUT2D eigenvalue weighted by molar-refractivity contribution is 6.31. The van der Waals surface area contributed by atoms with Gasteiger partial charge in [-0.25, -0.2) is 9.97 Å². The minimum atomic E-state index is 0.325. The van der Waals surface area contributed by atoms with Crippen LogP contribution in [0.5, 0.6) is 5.75 Å². The number of imidazole rings is 1. The van der Waals surface area contributed by atoms with Gasteiger partial charge < -0.3 is 9.72 Å². The van der Waals surface area contributed by atoms with Gasteiger partial charge >= 0.3 is 0 Å². The van der Waals surface area contributed by atoms with Crippen LogP contribution in [0.15, 0.2) is 48.5 Å². The zero-order valence-electron chi connectivity index (χ0n) is 13.8. The van der Waals surface area contributed by atoms with Crippen molar-refractivity contribution in [2.45, 2.75) is 0 Å². The van der Waals surface area contributed by atoms with Gasteiger partial charge in [-0.1, -0.05) is 23.7 Å². The van der Waals surface area contributed by atoms with Gasteiger partial charge in [0, 0.05) is 10.9 Å². The van der Waals surface area contributed by atoms with Crippen molar-refractivity contribution in [2.75, 3.05) is 7.11 Å². The molecule has 0 atom stereocenters. The van der Waals surface area contributed by atoms with E-state index < -0.39 is 0 Å². The first-order valence-electron chi connectivity index (χ1n) is 7.89. The molecule has 0 fully saturated rings. The van der Waals surface area contributed by atoms with Crippen LogP contribution in [0.4, 0.5) is 0 Å². The lowest BCUT2D eigenvalue weighted by atomic mass is 10.1. The Hall–Kier alpha value is -3.36. The van der Waals surface area contributed by atoms with Crippen LogP contribution in [0.2, 0.25) is 5.15 Å². The number of allylic oxidation sites excluding steroid dienone is 1. The number of rotatable bonds is 3. The lowest BCUT2D eigenvalue weighted by Gasteiger charge is -2.05. The molecule has 0 bridgehead atoms. The summed E-state index contributed by atoms with van der Waals surface area (Å²) in [5.41, 5.74) is 3.46. The standard InChI is InChI=1S/C20H13ClN4O/c1-26-15-6-7-16-12(10-15)8-13(19(21)23-16)9-14(11-22)20-24-17-4-2-3-5-18(17)25-20/h2-10H,1H3,(H,24,25). The Morgan fingerprint density at radius 2 is 2.00 bits per heavy atom. The number of nitriles is 1. The molecule has 0 amide bonds. The number of H-pyrrole nitrogens is 1. The summed E-state index contributed by atoms with van der Waals surface area (Å²) in [5, 5.41) is 10.8. The van der Waals surface area contributed by atoms with E-state index in [2.05, 4.69) is 21.0 Å². The molecule has 6 heteroatoms. The molecule has 0 unspecified atom stereocenters. The highest BCUT2D eigenvalue weighted by Crippen LogP contribution is 2.27. The van der Waals surface area contributed by atoms with Gasteiger partial charge in [-0.2, -0.15) is 5.26 Å². The number of fused-ring (bicyclic) bond motifs is 2. The van der Waals surface area contributed by atoms with E-state index in [-0.39, 0.29) is 0 Å². The summed E-state index contributed by atoms with van der Waals surface area (Å²) in [7, 11) is 1.61. The molecule has 4 aromatic rings. The lowest BCUT2D eigenvalue weighted by Crippen LogP contribution is -1.89. The molecule has 0 aliphatic heterocycles. The molecule has 0 radical (unpaired) electrons. The second kappa shape index (κ2) is 6.51. The zero-order chi connectivity index (χ0) is 18.1. The number of ether oxygens (including phenoxy) is 1. The van der Waals surface area contributed by atoms with Crippen LogP contribution >= 0.6 is 11.6 Å². The maximum Gasteiger partial charge on any atom is 0.149 e. The Morgan fingerprint density at radius 3 is 2.77 bits per heavy atom. The molecule has 2 aromatic carbocycles.